The lowest BCUT2D eigenvalue weighted by atomic mass is 10.2. The first kappa shape index (κ1) is 17.5. The molecule has 0 atom stereocenters. The fraction of sp³-hybridized carbons (Fsp3) is 0. The summed E-state index contributed by atoms with van der Waals surface area (Å²) in [7, 11) is 0. The molecule has 0 spiro atoms. The predicted molar refractivity (Wildman–Crippen MR) is 109 cm³/mol. The summed E-state index contributed by atoms with van der Waals surface area (Å²) in [6.45, 7) is 0. The molecule has 0 saturated heterocycles. The second-order valence-corrected chi connectivity index (χ2v) is 8.05. The van der Waals surface area contributed by atoms with Gasteiger partial charge >= 0.3 is 0 Å². The van der Waals surface area contributed by atoms with E-state index in [-0.39, 0.29) is 0 Å². The zero-order chi connectivity index (χ0) is 17.9. The number of thiazole rings is 1. The van der Waals surface area contributed by atoms with E-state index in [0.717, 1.165) is 31.9 Å². The molecule has 0 N–H and O–H groups in total. The van der Waals surface area contributed by atoms with Crippen LogP contribution in [-0.4, -0.2) is 15.0 Å². The molecule has 26 heavy (non-hydrogen) atoms. The number of aromatic nitrogens is 3. The van der Waals surface area contributed by atoms with Gasteiger partial charge in [0, 0.05) is 27.7 Å². The molecule has 4 rings (SSSR count). The Morgan fingerprint density at radius 1 is 0.846 bits per heavy atom. The Morgan fingerprint density at radius 2 is 1.69 bits per heavy atom. The van der Waals surface area contributed by atoms with Crippen LogP contribution in [0.3, 0.4) is 0 Å². The summed E-state index contributed by atoms with van der Waals surface area (Å²) in [6, 6.07) is 17.2. The number of hydrogen-bond acceptors (Lipinski definition) is 5. The molecule has 1 aromatic carbocycles. The Balaban J connectivity index is 1.64. The zero-order valence-electron chi connectivity index (χ0n) is 13.3. The smallest absolute Gasteiger partial charge is 0.131 e. The number of nitrogens with zero attached hydrogens (tertiary/aromatic N) is 3. The van der Waals surface area contributed by atoms with E-state index in [4.69, 9.17) is 28.2 Å². The van der Waals surface area contributed by atoms with Crippen molar-refractivity contribution in [3.05, 3.63) is 76.3 Å². The molecule has 3 aromatic heterocycles. The SMILES string of the molecule is Clc1ccc(-c2csc(-c3cc(Cl)nc(Sc4ccccn4)c3)n2)cc1. The average molecular weight is 416 g/mol. The Morgan fingerprint density at radius 3 is 2.46 bits per heavy atom. The number of benzene rings is 1. The third kappa shape index (κ3) is 4.07. The molecule has 3 nitrogen and oxygen atoms in total. The van der Waals surface area contributed by atoms with Crippen molar-refractivity contribution in [1.82, 2.24) is 15.0 Å². The lowest BCUT2D eigenvalue weighted by molar-refractivity contribution is 1.09. The first-order valence-electron chi connectivity index (χ1n) is 7.66. The average Bonchev–Trinajstić information content (AvgIpc) is 3.13. The van der Waals surface area contributed by atoms with Crippen molar-refractivity contribution in [2.24, 2.45) is 0 Å². The maximum atomic E-state index is 6.22. The summed E-state index contributed by atoms with van der Waals surface area (Å²) in [5.74, 6) is 0. The molecule has 0 radical (unpaired) electrons. The molecule has 7 heteroatoms. The Labute approximate surface area is 169 Å². The van der Waals surface area contributed by atoms with E-state index in [1.807, 2.05) is 60.0 Å². The summed E-state index contributed by atoms with van der Waals surface area (Å²) < 4.78 is 0. The fourth-order valence-corrected chi connectivity index (χ4v) is 4.33. The number of hydrogen-bond donors (Lipinski definition) is 0. The van der Waals surface area contributed by atoms with Crippen molar-refractivity contribution in [2.75, 3.05) is 0 Å². The monoisotopic (exact) mass is 415 g/mol. The molecule has 0 aliphatic heterocycles. The van der Waals surface area contributed by atoms with Gasteiger partial charge in [0.2, 0.25) is 0 Å². The van der Waals surface area contributed by atoms with Gasteiger partial charge in [-0.2, -0.15) is 0 Å². The van der Waals surface area contributed by atoms with Crippen LogP contribution in [-0.2, 0) is 0 Å². The quantitative estimate of drug-likeness (QED) is 0.346. The van der Waals surface area contributed by atoms with Crippen molar-refractivity contribution >= 4 is 46.3 Å². The largest absolute Gasteiger partial charge is 0.250 e. The van der Waals surface area contributed by atoms with E-state index in [1.54, 1.807) is 17.5 Å². The van der Waals surface area contributed by atoms with Crippen molar-refractivity contribution in [1.29, 1.82) is 0 Å². The molecule has 0 unspecified atom stereocenters. The third-order valence-electron chi connectivity index (χ3n) is 3.51. The van der Waals surface area contributed by atoms with E-state index < -0.39 is 0 Å². The Bertz CT molecular complexity index is 1030. The van der Waals surface area contributed by atoms with Crippen molar-refractivity contribution in [3.8, 4) is 21.8 Å². The molecular formula is C19H11Cl2N3S2. The van der Waals surface area contributed by atoms with Gasteiger partial charge in [-0.3, -0.25) is 0 Å². The van der Waals surface area contributed by atoms with Gasteiger partial charge < -0.3 is 0 Å². The highest BCUT2D eigenvalue weighted by Gasteiger charge is 2.11. The third-order valence-corrected chi connectivity index (χ3v) is 5.71. The summed E-state index contributed by atoms with van der Waals surface area (Å²) in [5, 5.41) is 5.72. The highest BCUT2D eigenvalue weighted by atomic mass is 35.5. The molecular weight excluding hydrogens is 405 g/mol. The van der Waals surface area contributed by atoms with Crippen LogP contribution in [0.5, 0.6) is 0 Å². The van der Waals surface area contributed by atoms with E-state index in [2.05, 4.69) is 9.97 Å². The van der Waals surface area contributed by atoms with Gasteiger partial charge in [0.25, 0.3) is 0 Å². The van der Waals surface area contributed by atoms with E-state index in [9.17, 15) is 0 Å². The zero-order valence-corrected chi connectivity index (χ0v) is 16.4. The Hall–Kier alpha value is -1.92. The van der Waals surface area contributed by atoms with Gasteiger partial charge in [0.1, 0.15) is 20.2 Å². The second kappa shape index (κ2) is 7.76. The van der Waals surface area contributed by atoms with Crippen LogP contribution in [0.2, 0.25) is 10.2 Å². The summed E-state index contributed by atoms with van der Waals surface area (Å²) in [4.78, 5) is 13.4. The maximum absolute atomic E-state index is 6.22. The minimum atomic E-state index is 0.434. The number of pyridine rings is 2. The van der Waals surface area contributed by atoms with Gasteiger partial charge in [0.05, 0.1) is 5.69 Å². The minimum absolute atomic E-state index is 0.434. The van der Waals surface area contributed by atoms with Crippen LogP contribution < -0.4 is 0 Å². The predicted octanol–water partition coefficient (Wildman–Crippen LogP) is 6.73. The molecule has 0 saturated carbocycles. The van der Waals surface area contributed by atoms with Crippen molar-refractivity contribution in [2.45, 2.75) is 10.1 Å². The first-order chi connectivity index (χ1) is 12.7. The fourth-order valence-electron chi connectivity index (χ4n) is 2.32. The molecule has 0 bridgehead atoms. The van der Waals surface area contributed by atoms with E-state index >= 15 is 0 Å². The lowest BCUT2D eigenvalue weighted by Crippen LogP contribution is -1.86. The van der Waals surface area contributed by atoms with E-state index in [0.29, 0.717) is 10.2 Å². The van der Waals surface area contributed by atoms with Crippen LogP contribution in [0.1, 0.15) is 0 Å². The lowest BCUT2D eigenvalue weighted by Gasteiger charge is -2.03. The Kier molecular flexibility index (Phi) is 5.22. The molecule has 3 heterocycles. The van der Waals surface area contributed by atoms with E-state index in [1.165, 1.54) is 11.8 Å². The van der Waals surface area contributed by atoms with Gasteiger partial charge in [-0.1, -0.05) is 53.2 Å². The van der Waals surface area contributed by atoms with Crippen LogP contribution in [0.4, 0.5) is 0 Å². The molecule has 128 valence electrons. The molecule has 4 aromatic rings. The molecule has 0 aliphatic rings. The maximum Gasteiger partial charge on any atom is 0.131 e. The summed E-state index contributed by atoms with van der Waals surface area (Å²) in [6.07, 6.45) is 1.76. The van der Waals surface area contributed by atoms with Crippen LogP contribution in [0, 0.1) is 0 Å². The van der Waals surface area contributed by atoms with Crippen LogP contribution in [0.25, 0.3) is 21.8 Å². The second-order valence-electron chi connectivity index (χ2n) is 5.33. The molecule has 0 aliphatic carbocycles. The topological polar surface area (TPSA) is 38.7 Å². The molecule has 0 fully saturated rings. The van der Waals surface area contributed by atoms with Gasteiger partial charge in [0.15, 0.2) is 0 Å². The summed E-state index contributed by atoms with van der Waals surface area (Å²) >= 11 is 15.2. The van der Waals surface area contributed by atoms with Crippen molar-refractivity contribution < 1.29 is 0 Å². The highest BCUT2D eigenvalue weighted by Crippen LogP contribution is 2.34. The number of halogens is 2. The first-order valence-corrected chi connectivity index (χ1v) is 10.1. The summed E-state index contributed by atoms with van der Waals surface area (Å²) in [5.41, 5.74) is 2.88. The van der Waals surface area contributed by atoms with Gasteiger partial charge in [-0.15, -0.1) is 11.3 Å². The normalized spacial score (nSPS) is 10.8. The number of rotatable bonds is 4. The standard InChI is InChI=1S/C19H11Cl2N3S2/c20-14-6-4-12(5-7-14)15-11-25-19(23-15)13-9-16(21)24-18(10-13)26-17-3-1-2-8-22-17/h1-11H. The van der Waals surface area contributed by atoms with Crippen molar-refractivity contribution in [3.63, 3.8) is 0 Å². The van der Waals surface area contributed by atoms with Crippen LogP contribution in [0.15, 0.2) is 76.2 Å². The minimum Gasteiger partial charge on any atom is -0.250 e. The highest BCUT2D eigenvalue weighted by molar-refractivity contribution is 7.99. The molecule has 0 amide bonds. The van der Waals surface area contributed by atoms with Crippen LogP contribution >= 0.6 is 46.3 Å². The van der Waals surface area contributed by atoms with Gasteiger partial charge in [-0.25, -0.2) is 15.0 Å². The van der Waals surface area contributed by atoms with Gasteiger partial charge in [-0.05, 0) is 36.4 Å².